The first-order valence-electron chi connectivity index (χ1n) is 7.03. The van der Waals surface area contributed by atoms with Crippen molar-refractivity contribution in [2.45, 2.75) is 45.3 Å². The molecule has 7 heteroatoms. The van der Waals surface area contributed by atoms with Crippen molar-refractivity contribution in [1.82, 2.24) is 14.9 Å². The maximum atomic E-state index is 11.9. The number of ether oxygens (including phenoxy) is 2. The average molecular weight is 295 g/mol. The molecule has 1 amide bonds. The van der Waals surface area contributed by atoms with E-state index in [9.17, 15) is 9.59 Å². The van der Waals surface area contributed by atoms with E-state index in [4.69, 9.17) is 9.47 Å². The average Bonchev–Trinajstić information content (AvgIpc) is 2.37. The van der Waals surface area contributed by atoms with Crippen LogP contribution >= 0.6 is 0 Å². The number of hydrogen-bond acceptors (Lipinski definition) is 5. The first kappa shape index (κ1) is 15.3. The van der Waals surface area contributed by atoms with E-state index in [0.29, 0.717) is 31.8 Å². The Bertz CT molecular complexity index is 542. The number of carbonyl (C=O) groups is 1. The number of nitrogens with one attached hydrogen (secondary N) is 1. The third kappa shape index (κ3) is 4.77. The summed E-state index contributed by atoms with van der Waals surface area (Å²) in [6, 6.07) is 1.61. The van der Waals surface area contributed by atoms with Gasteiger partial charge in [0.25, 0.3) is 0 Å². The monoisotopic (exact) mass is 295 g/mol. The summed E-state index contributed by atoms with van der Waals surface area (Å²) in [7, 11) is 0. The molecule has 1 fully saturated rings. The number of carbonyl (C=O) groups excluding carboxylic acids is 1. The SMILES string of the molecule is CC(C)(C)OC(=O)N1CCC(Oc2ccnc(=O)[nH]2)CC1. The lowest BCUT2D eigenvalue weighted by atomic mass is 10.1. The quantitative estimate of drug-likeness (QED) is 0.894. The molecule has 1 aliphatic heterocycles. The highest BCUT2D eigenvalue weighted by Gasteiger charge is 2.27. The zero-order valence-corrected chi connectivity index (χ0v) is 12.6. The summed E-state index contributed by atoms with van der Waals surface area (Å²) in [5.74, 6) is 0.408. The summed E-state index contributed by atoms with van der Waals surface area (Å²) in [4.78, 5) is 30.8. The van der Waals surface area contributed by atoms with Crippen LogP contribution in [0, 0.1) is 0 Å². The highest BCUT2D eigenvalue weighted by molar-refractivity contribution is 5.68. The Morgan fingerprint density at radius 1 is 1.38 bits per heavy atom. The Labute approximate surface area is 123 Å². The van der Waals surface area contributed by atoms with Crippen LogP contribution in [0.5, 0.6) is 5.88 Å². The fraction of sp³-hybridized carbons (Fsp3) is 0.643. The fourth-order valence-electron chi connectivity index (χ4n) is 2.08. The number of rotatable bonds is 2. The van der Waals surface area contributed by atoms with Crippen molar-refractivity contribution in [3.8, 4) is 5.88 Å². The highest BCUT2D eigenvalue weighted by atomic mass is 16.6. The molecule has 2 heterocycles. The molecule has 0 bridgehead atoms. The molecular weight excluding hydrogens is 274 g/mol. The molecule has 1 saturated heterocycles. The van der Waals surface area contributed by atoms with Crippen LogP contribution in [0.4, 0.5) is 4.79 Å². The van der Waals surface area contributed by atoms with Gasteiger partial charge in [0.1, 0.15) is 11.7 Å². The topological polar surface area (TPSA) is 84.5 Å². The number of amides is 1. The fourth-order valence-corrected chi connectivity index (χ4v) is 2.08. The minimum atomic E-state index is -0.485. The lowest BCUT2D eigenvalue weighted by molar-refractivity contribution is 0.0123. The summed E-state index contributed by atoms with van der Waals surface area (Å²) in [5, 5.41) is 0. The van der Waals surface area contributed by atoms with Crippen molar-refractivity contribution < 1.29 is 14.3 Å². The molecule has 1 aromatic heterocycles. The van der Waals surface area contributed by atoms with E-state index in [2.05, 4.69) is 9.97 Å². The minimum Gasteiger partial charge on any atom is -0.475 e. The molecule has 0 aliphatic carbocycles. The normalized spacial score (nSPS) is 16.6. The van der Waals surface area contributed by atoms with E-state index >= 15 is 0 Å². The van der Waals surface area contributed by atoms with E-state index in [1.807, 2.05) is 20.8 Å². The van der Waals surface area contributed by atoms with E-state index in [-0.39, 0.29) is 12.2 Å². The first-order chi connectivity index (χ1) is 9.83. The van der Waals surface area contributed by atoms with Gasteiger partial charge in [0, 0.05) is 38.2 Å². The van der Waals surface area contributed by atoms with Crippen molar-refractivity contribution >= 4 is 6.09 Å². The number of likely N-dealkylation sites (tertiary alicyclic amines) is 1. The second-order valence-corrected chi connectivity index (χ2v) is 6.02. The van der Waals surface area contributed by atoms with Crippen LogP contribution in [-0.4, -0.2) is 45.8 Å². The largest absolute Gasteiger partial charge is 0.475 e. The number of H-pyrrole nitrogens is 1. The van der Waals surface area contributed by atoms with Crippen LogP contribution < -0.4 is 10.4 Å². The summed E-state index contributed by atoms with van der Waals surface area (Å²) in [6.07, 6.45) is 2.48. The lowest BCUT2D eigenvalue weighted by Gasteiger charge is -2.33. The maximum absolute atomic E-state index is 11.9. The molecule has 0 unspecified atom stereocenters. The summed E-state index contributed by atoms with van der Waals surface area (Å²) in [5.41, 5.74) is -0.917. The third-order valence-electron chi connectivity index (χ3n) is 3.04. The Hall–Kier alpha value is -2.05. The van der Waals surface area contributed by atoms with Crippen molar-refractivity contribution in [3.05, 3.63) is 22.7 Å². The third-order valence-corrected chi connectivity index (χ3v) is 3.04. The first-order valence-corrected chi connectivity index (χ1v) is 7.03. The molecule has 0 atom stereocenters. The molecule has 1 aromatic rings. The Morgan fingerprint density at radius 2 is 2.05 bits per heavy atom. The van der Waals surface area contributed by atoms with Gasteiger partial charge < -0.3 is 14.4 Å². The second-order valence-electron chi connectivity index (χ2n) is 6.02. The van der Waals surface area contributed by atoms with Gasteiger partial charge in [0.2, 0.25) is 0 Å². The van der Waals surface area contributed by atoms with Gasteiger partial charge in [0.15, 0.2) is 5.88 Å². The molecule has 2 rings (SSSR count). The molecule has 116 valence electrons. The molecule has 0 saturated carbocycles. The second kappa shape index (κ2) is 6.15. The van der Waals surface area contributed by atoms with E-state index in [0.717, 1.165) is 0 Å². The molecule has 21 heavy (non-hydrogen) atoms. The Balaban J connectivity index is 1.83. The molecule has 1 N–H and O–H groups in total. The highest BCUT2D eigenvalue weighted by Crippen LogP contribution is 2.18. The van der Waals surface area contributed by atoms with Gasteiger partial charge >= 0.3 is 11.8 Å². The van der Waals surface area contributed by atoms with E-state index in [1.54, 1.807) is 11.0 Å². The summed E-state index contributed by atoms with van der Waals surface area (Å²) in [6.45, 7) is 6.70. The minimum absolute atomic E-state index is 0.0262. The molecule has 0 radical (unpaired) electrons. The van der Waals surface area contributed by atoms with Crippen molar-refractivity contribution in [1.29, 1.82) is 0 Å². The number of hydrogen-bond donors (Lipinski definition) is 1. The zero-order chi connectivity index (χ0) is 15.5. The predicted octanol–water partition coefficient (Wildman–Crippen LogP) is 1.55. The maximum Gasteiger partial charge on any atom is 0.410 e. The van der Waals surface area contributed by atoms with Crippen molar-refractivity contribution in [3.63, 3.8) is 0 Å². The molecule has 7 nitrogen and oxygen atoms in total. The van der Waals surface area contributed by atoms with Crippen LogP contribution in [0.1, 0.15) is 33.6 Å². The zero-order valence-electron chi connectivity index (χ0n) is 12.6. The molecule has 0 aromatic carbocycles. The van der Waals surface area contributed by atoms with Gasteiger partial charge in [-0.05, 0) is 20.8 Å². The lowest BCUT2D eigenvalue weighted by Crippen LogP contribution is -2.44. The number of aromatic nitrogens is 2. The van der Waals surface area contributed by atoms with Crippen LogP contribution in [0.15, 0.2) is 17.1 Å². The number of aromatic amines is 1. The molecular formula is C14H21N3O4. The van der Waals surface area contributed by atoms with Crippen LogP contribution in [0.2, 0.25) is 0 Å². The van der Waals surface area contributed by atoms with Gasteiger partial charge in [-0.25, -0.2) is 14.6 Å². The summed E-state index contributed by atoms with van der Waals surface area (Å²) < 4.78 is 11.0. The van der Waals surface area contributed by atoms with Gasteiger partial charge in [-0.1, -0.05) is 0 Å². The predicted molar refractivity (Wildman–Crippen MR) is 76.3 cm³/mol. The van der Waals surface area contributed by atoms with Crippen molar-refractivity contribution in [2.24, 2.45) is 0 Å². The number of piperidine rings is 1. The Morgan fingerprint density at radius 3 is 2.62 bits per heavy atom. The van der Waals surface area contributed by atoms with E-state index in [1.165, 1.54) is 6.20 Å². The van der Waals surface area contributed by atoms with Gasteiger partial charge in [0.05, 0.1) is 0 Å². The van der Waals surface area contributed by atoms with Crippen LogP contribution in [0.25, 0.3) is 0 Å². The van der Waals surface area contributed by atoms with Crippen LogP contribution in [0.3, 0.4) is 0 Å². The summed E-state index contributed by atoms with van der Waals surface area (Å²) >= 11 is 0. The number of nitrogens with zero attached hydrogens (tertiary/aromatic N) is 2. The van der Waals surface area contributed by atoms with Gasteiger partial charge in [-0.3, -0.25) is 4.98 Å². The smallest absolute Gasteiger partial charge is 0.410 e. The van der Waals surface area contributed by atoms with Gasteiger partial charge in [-0.15, -0.1) is 0 Å². The molecule has 1 aliphatic rings. The van der Waals surface area contributed by atoms with E-state index < -0.39 is 11.3 Å². The van der Waals surface area contributed by atoms with Crippen LogP contribution in [-0.2, 0) is 4.74 Å². The standard InChI is InChI=1S/C14H21N3O4/c1-14(2,3)21-13(19)17-8-5-10(6-9-17)20-11-4-7-15-12(18)16-11/h4,7,10H,5-6,8-9H2,1-3H3,(H,15,16,18). The van der Waals surface area contributed by atoms with Gasteiger partial charge in [-0.2, -0.15) is 0 Å². The molecule has 0 spiro atoms. The van der Waals surface area contributed by atoms with Crippen molar-refractivity contribution in [2.75, 3.05) is 13.1 Å². The Kier molecular flexibility index (Phi) is 4.50.